The highest BCUT2D eigenvalue weighted by Crippen LogP contribution is 2.15. The van der Waals surface area contributed by atoms with E-state index in [1.807, 2.05) is 13.8 Å². The molecule has 0 saturated carbocycles. The van der Waals surface area contributed by atoms with Gasteiger partial charge in [0.2, 0.25) is 0 Å². The molecule has 1 unspecified atom stereocenters. The van der Waals surface area contributed by atoms with Crippen LogP contribution >= 0.6 is 0 Å². The normalized spacial score (nSPS) is 25.7. The molecule has 1 nitrogen and oxygen atoms in total. The zero-order chi connectivity index (χ0) is 7.98. The Bertz CT molecular complexity index is 75.7. The quantitative estimate of drug-likeness (QED) is 0.498. The van der Waals surface area contributed by atoms with Gasteiger partial charge >= 0.3 is 0 Å². The van der Waals surface area contributed by atoms with Crippen LogP contribution in [0.5, 0.6) is 0 Å². The van der Waals surface area contributed by atoms with Gasteiger partial charge in [0.1, 0.15) is 0 Å². The maximum absolute atomic E-state index is 5.47. The van der Waals surface area contributed by atoms with Gasteiger partial charge in [-0.3, -0.25) is 0 Å². The molecule has 0 aliphatic carbocycles. The van der Waals surface area contributed by atoms with Crippen LogP contribution in [0.25, 0.3) is 0 Å². The number of nitrogens with zero attached hydrogens (tertiary/aromatic N) is 1. The van der Waals surface area contributed by atoms with Crippen molar-refractivity contribution in [3.63, 3.8) is 0 Å². The highest BCUT2D eigenvalue weighted by molar-refractivity contribution is 6.08. The maximum atomic E-state index is 5.47. The Labute approximate surface area is 66.2 Å². The summed E-state index contributed by atoms with van der Waals surface area (Å²) in [6, 6.07) is 0. The zero-order valence-electron chi connectivity index (χ0n) is 7.43. The molecule has 1 aliphatic heterocycles. The van der Waals surface area contributed by atoms with Crippen LogP contribution in [0.2, 0.25) is 6.32 Å². The fourth-order valence-corrected chi connectivity index (χ4v) is 1.22. The molecule has 10 heavy (non-hydrogen) atoms. The van der Waals surface area contributed by atoms with Crippen LogP contribution in [0.3, 0.4) is 0 Å². The molecule has 1 atom stereocenters. The molecule has 2 heteroatoms. The van der Waals surface area contributed by atoms with Gasteiger partial charge in [0.05, 0.1) is 7.85 Å². The lowest BCUT2D eigenvalue weighted by molar-refractivity contribution is 0.402. The van der Waals surface area contributed by atoms with E-state index in [9.17, 15) is 0 Å². The topological polar surface area (TPSA) is 3.24 Å². The van der Waals surface area contributed by atoms with E-state index in [1.54, 1.807) is 0 Å². The second-order valence-corrected chi connectivity index (χ2v) is 2.65. The van der Waals surface area contributed by atoms with Gasteiger partial charge in [-0.05, 0) is 25.9 Å². The molecular formula is C8H18BN. The Morgan fingerprint density at radius 1 is 1.50 bits per heavy atom. The molecule has 0 spiro atoms. The summed E-state index contributed by atoms with van der Waals surface area (Å²) in [4.78, 5) is 2.33. The van der Waals surface area contributed by atoms with E-state index in [0.29, 0.717) is 0 Å². The summed E-state index contributed by atoms with van der Waals surface area (Å²) in [6.07, 6.45) is 2.16. The van der Waals surface area contributed by atoms with Gasteiger partial charge in [-0.1, -0.05) is 20.2 Å². The molecule has 1 fully saturated rings. The van der Waals surface area contributed by atoms with E-state index < -0.39 is 0 Å². The molecule has 1 saturated heterocycles. The summed E-state index contributed by atoms with van der Waals surface area (Å²) in [7, 11) is 7.62. The molecular weight excluding hydrogens is 121 g/mol. The van der Waals surface area contributed by atoms with Crippen LogP contribution in [-0.2, 0) is 0 Å². The predicted octanol–water partition coefficient (Wildman–Crippen LogP) is 1.55. The number of hydrogen-bond donors (Lipinski definition) is 0. The highest BCUT2D eigenvalue weighted by Gasteiger charge is 2.16. The van der Waals surface area contributed by atoms with Crippen molar-refractivity contribution in [3.05, 3.63) is 0 Å². The molecule has 1 heterocycles. The second-order valence-electron chi connectivity index (χ2n) is 2.65. The van der Waals surface area contributed by atoms with Crippen LogP contribution in [0, 0.1) is 5.92 Å². The van der Waals surface area contributed by atoms with Gasteiger partial charge in [-0.15, -0.1) is 0 Å². The summed E-state index contributed by atoms with van der Waals surface area (Å²) < 4.78 is 0. The molecule has 0 amide bonds. The Kier molecular flexibility index (Phi) is 5.80. The first kappa shape index (κ1) is 10.0. The van der Waals surface area contributed by atoms with E-state index in [-0.39, 0.29) is 0 Å². The average Bonchev–Trinajstić information content (AvgIpc) is 2.40. The first-order valence-corrected chi connectivity index (χ1v) is 4.21. The largest absolute Gasteiger partial charge is 0.306 e. The van der Waals surface area contributed by atoms with Gasteiger partial charge in [0.25, 0.3) is 0 Å². The minimum absolute atomic E-state index is 0.778. The predicted molar refractivity (Wildman–Crippen MR) is 47.5 cm³/mol. The third kappa shape index (κ3) is 3.26. The van der Waals surface area contributed by atoms with E-state index in [0.717, 1.165) is 12.2 Å². The summed E-state index contributed by atoms with van der Waals surface area (Å²) in [5.74, 6) is 0.778. The van der Waals surface area contributed by atoms with Crippen molar-refractivity contribution in [1.82, 2.24) is 4.90 Å². The third-order valence-corrected chi connectivity index (χ3v) is 1.82. The van der Waals surface area contributed by atoms with Gasteiger partial charge in [0.15, 0.2) is 0 Å². The molecule has 0 aromatic rings. The van der Waals surface area contributed by atoms with Crippen molar-refractivity contribution in [2.45, 2.75) is 26.6 Å². The lowest BCUT2D eigenvalue weighted by atomic mass is 9.91. The van der Waals surface area contributed by atoms with Gasteiger partial charge in [0, 0.05) is 6.54 Å². The number of hydrogen-bond acceptors (Lipinski definition) is 1. The molecule has 0 bridgehead atoms. The van der Waals surface area contributed by atoms with Crippen molar-refractivity contribution in [2.75, 3.05) is 20.1 Å². The second kappa shape index (κ2) is 5.78. The first-order chi connectivity index (χ1) is 4.83. The smallest absolute Gasteiger partial charge is 0.0657 e. The molecule has 1 rings (SSSR count). The fourth-order valence-electron chi connectivity index (χ4n) is 1.22. The molecule has 0 aromatic heterocycles. The van der Waals surface area contributed by atoms with E-state index in [4.69, 9.17) is 7.85 Å². The Balaban J connectivity index is 0.000000371. The maximum Gasteiger partial charge on any atom is 0.0657 e. The average molecular weight is 139 g/mol. The van der Waals surface area contributed by atoms with E-state index in [1.165, 1.54) is 19.5 Å². The van der Waals surface area contributed by atoms with Crippen LogP contribution in [0.15, 0.2) is 0 Å². The first-order valence-electron chi connectivity index (χ1n) is 4.21. The summed E-state index contributed by atoms with van der Waals surface area (Å²) >= 11 is 0. The Hall–Kier alpha value is 0.0249. The van der Waals surface area contributed by atoms with Gasteiger partial charge < -0.3 is 4.90 Å². The minimum Gasteiger partial charge on any atom is -0.306 e. The van der Waals surface area contributed by atoms with Crippen molar-refractivity contribution in [1.29, 1.82) is 0 Å². The van der Waals surface area contributed by atoms with Crippen molar-refractivity contribution < 1.29 is 0 Å². The van der Waals surface area contributed by atoms with Crippen molar-refractivity contribution >= 4 is 7.85 Å². The SMILES string of the molecule is CC.[B]CC1CCN(C)C1. The molecule has 58 valence electrons. The van der Waals surface area contributed by atoms with Crippen LogP contribution < -0.4 is 0 Å². The van der Waals surface area contributed by atoms with Gasteiger partial charge in [-0.25, -0.2) is 0 Å². The van der Waals surface area contributed by atoms with Crippen LogP contribution in [0.1, 0.15) is 20.3 Å². The monoisotopic (exact) mass is 139 g/mol. The third-order valence-electron chi connectivity index (χ3n) is 1.82. The fraction of sp³-hybridized carbons (Fsp3) is 1.00. The summed E-state index contributed by atoms with van der Waals surface area (Å²) in [5, 5.41) is 0. The summed E-state index contributed by atoms with van der Waals surface area (Å²) in [5.41, 5.74) is 0. The minimum atomic E-state index is 0.778. The lowest BCUT2D eigenvalue weighted by Gasteiger charge is -2.05. The zero-order valence-corrected chi connectivity index (χ0v) is 7.43. The van der Waals surface area contributed by atoms with Gasteiger partial charge in [-0.2, -0.15) is 0 Å². The molecule has 2 radical (unpaired) electrons. The van der Waals surface area contributed by atoms with Crippen LogP contribution in [-0.4, -0.2) is 32.9 Å². The highest BCUT2D eigenvalue weighted by atomic mass is 15.1. The number of rotatable bonds is 1. The Morgan fingerprint density at radius 3 is 2.30 bits per heavy atom. The Morgan fingerprint density at radius 2 is 2.10 bits per heavy atom. The number of likely N-dealkylation sites (tertiary alicyclic amines) is 1. The van der Waals surface area contributed by atoms with E-state index >= 15 is 0 Å². The summed E-state index contributed by atoms with van der Waals surface area (Å²) in [6.45, 7) is 6.44. The lowest BCUT2D eigenvalue weighted by Crippen LogP contribution is -2.13. The van der Waals surface area contributed by atoms with Crippen molar-refractivity contribution in [3.8, 4) is 0 Å². The van der Waals surface area contributed by atoms with Crippen LogP contribution in [0.4, 0.5) is 0 Å². The van der Waals surface area contributed by atoms with Crippen molar-refractivity contribution in [2.24, 2.45) is 5.92 Å². The van der Waals surface area contributed by atoms with E-state index in [2.05, 4.69) is 11.9 Å². The standard InChI is InChI=1S/C6H12BN.C2H6/c1-8-3-2-6(4-7)5-8;1-2/h6H,2-5H2,1H3;1-2H3. The molecule has 1 aliphatic rings. The molecule has 0 N–H and O–H groups in total. The molecule has 0 aromatic carbocycles.